The van der Waals surface area contributed by atoms with Crippen LogP contribution in [0.5, 0.6) is 0 Å². The molecule has 0 aliphatic carbocycles. The second-order valence-corrected chi connectivity index (χ2v) is 5.79. The molecule has 0 amide bonds. The molecule has 0 aromatic heterocycles. The zero-order chi connectivity index (χ0) is 9.61. The van der Waals surface area contributed by atoms with Gasteiger partial charge in [-0.15, -0.1) is 11.6 Å². The topological polar surface area (TPSA) is 29.4 Å². The van der Waals surface area contributed by atoms with E-state index in [4.69, 9.17) is 11.6 Å². The number of unbranched alkanes of at least 4 members (excludes halogenated alkanes) is 1. The van der Waals surface area contributed by atoms with Crippen molar-refractivity contribution in [1.29, 1.82) is 0 Å². The normalized spacial score (nSPS) is 15.3. The van der Waals surface area contributed by atoms with E-state index in [0.717, 1.165) is 12.8 Å². The first-order valence-electron chi connectivity index (χ1n) is 3.99. The number of nitrogens with zero attached hydrogens (tertiary/aromatic N) is 1. The average molecular weight is 210 g/mol. The van der Waals surface area contributed by atoms with Crippen molar-refractivity contribution < 1.29 is 4.21 Å². The van der Waals surface area contributed by atoms with E-state index in [1.54, 1.807) is 6.21 Å². The van der Waals surface area contributed by atoms with Gasteiger partial charge in [-0.2, -0.15) is 4.40 Å². The summed E-state index contributed by atoms with van der Waals surface area (Å²) >= 11 is 5.47. The maximum Gasteiger partial charge on any atom is 0.144 e. The van der Waals surface area contributed by atoms with E-state index in [9.17, 15) is 4.21 Å². The van der Waals surface area contributed by atoms with Crippen LogP contribution in [0.3, 0.4) is 0 Å². The minimum absolute atomic E-state index is 0.253. The third-order valence-corrected chi connectivity index (χ3v) is 2.82. The van der Waals surface area contributed by atoms with Gasteiger partial charge < -0.3 is 0 Å². The Labute approximate surface area is 82.0 Å². The van der Waals surface area contributed by atoms with Crippen molar-refractivity contribution in [2.75, 3.05) is 5.88 Å². The number of hydrogen-bond donors (Lipinski definition) is 0. The summed E-state index contributed by atoms with van der Waals surface area (Å²) in [4.78, 5) is 0. The lowest BCUT2D eigenvalue weighted by atomic mass is 10.3. The van der Waals surface area contributed by atoms with E-state index in [0.29, 0.717) is 5.88 Å². The molecule has 0 radical (unpaired) electrons. The van der Waals surface area contributed by atoms with Crippen molar-refractivity contribution in [3.63, 3.8) is 0 Å². The van der Waals surface area contributed by atoms with Gasteiger partial charge in [0.15, 0.2) is 0 Å². The number of hydrogen-bond acceptors (Lipinski definition) is 1. The van der Waals surface area contributed by atoms with Crippen LogP contribution in [0.25, 0.3) is 0 Å². The first-order valence-corrected chi connectivity index (χ1v) is 5.63. The molecule has 0 heterocycles. The second-order valence-electron chi connectivity index (χ2n) is 3.48. The maximum atomic E-state index is 11.3. The Morgan fingerprint density at radius 3 is 2.50 bits per heavy atom. The Hall–Kier alpha value is 0.110. The molecule has 4 heteroatoms. The molecule has 0 N–H and O–H groups in total. The molecule has 2 nitrogen and oxygen atoms in total. The van der Waals surface area contributed by atoms with Gasteiger partial charge in [0.25, 0.3) is 0 Å². The van der Waals surface area contributed by atoms with Gasteiger partial charge in [-0.25, -0.2) is 4.21 Å². The summed E-state index contributed by atoms with van der Waals surface area (Å²) in [5.41, 5.74) is 0. The van der Waals surface area contributed by atoms with Gasteiger partial charge in [-0.3, -0.25) is 0 Å². The molecule has 0 aromatic rings. The van der Waals surface area contributed by atoms with Crippen molar-refractivity contribution in [3.05, 3.63) is 0 Å². The molecule has 0 rings (SSSR count). The fraction of sp³-hybridized carbons (Fsp3) is 0.875. The third-order valence-electron chi connectivity index (χ3n) is 1.16. The van der Waals surface area contributed by atoms with Gasteiger partial charge in [0, 0.05) is 12.1 Å². The molecule has 0 saturated heterocycles. The summed E-state index contributed by atoms with van der Waals surface area (Å²) in [6.07, 6.45) is 3.40. The summed E-state index contributed by atoms with van der Waals surface area (Å²) in [6, 6.07) is 0. The Morgan fingerprint density at radius 1 is 1.50 bits per heavy atom. The first kappa shape index (κ1) is 12.1. The molecule has 0 aliphatic heterocycles. The van der Waals surface area contributed by atoms with Crippen LogP contribution in [-0.2, 0) is 11.0 Å². The Kier molecular flexibility index (Phi) is 5.76. The molecule has 1 atom stereocenters. The van der Waals surface area contributed by atoms with Gasteiger partial charge in [-0.1, -0.05) is 0 Å². The monoisotopic (exact) mass is 209 g/mol. The lowest BCUT2D eigenvalue weighted by Gasteiger charge is -2.12. The van der Waals surface area contributed by atoms with Crippen LogP contribution in [0.2, 0.25) is 0 Å². The van der Waals surface area contributed by atoms with Crippen LogP contribution in [0.4, 0.5) is 0 Å². The molecule has 0 bridgehead atoms. The van der Waals surface area contributed by atoms with Gasteiger partial charge >= 0.3 is 0 Å². The largest absolute Gasteiger partial charge is 0.234 e. The predicted molar refractivity (Wildman–Crippen MR) is 56.3 cm³/mol. The molecule has 0 saturated carbocycles. The molecule has 0 aromatic carbocycles. The van der Waals surface area contributed by atoms with E-state index in [1.807, 2.05) is 20.8 Å². The lowest BCUT2D eigenvalue weighted by Crippen LogP contribution is -2.19. The SMILES string of the molecule is CC(C)(C)[S@@](=O)N=CCCCCl. The molecule has 0 unspecified atom stereocenters. The second kappa shape index (κ2) is 5.70. The van der Waals surface area contributed by atoms with Crippen molar-refractivity contribution in [1.82, 2.24) is 0 Å². The van der Waals surface area contributed by atoms with Crippen LogP contribution >= 0.6 is 11.6 Å². The van der Waals surface area contributed by atoms with Crippen LogP contribution in [0.1, 0.15) is 33.6 Å². The van der Waals surface area contributed by atoms with E-state index in [2.05, 4.69) is 4.40 Å². The van der Waals surface area contributed by atoms with Crippen molar-refractivity contribution in [2.24, 2.45) is 4.40 Å². The zero-order valence-corrected chi connectivity index (χ0v) is 9.41. The average Bonchev–Trinajstić information content (AvgIpc) is 1.96. The van der Waals surface area contributed by atoms with E-state index in [1.165, 1.54) is 0 Å². The summed E-state index contributed by atoms with van der Waals surface area (Å²) in [6.45, 7) is 5.71. The fourth-order valence-corrected chi connectivity index (χ4v) is 1.16. The van der Waals surface area contributed by atoms with Crippen LogP contribution < -0.4 is 0 Å². The van der Waals surface area contributed by atoms with Gasteiger partial charge in [0.05, 0.1) is 4.75 Å². The highest BCUT2D eigenvalue weighted by molar-refractivity contribution is 7.85. The summed E-state index contributed by atoms with van der Waals surface area (Å²) in [7, 11) is -1.11. The van der Waals surface area contributed by atoms with Crippen molar-refractivity contribution in [2.45, 2.75) is 38.4 Å². The maximum absolute atomic E-state index is 11.3. The molecule has 0 spiro atoms. The molecule has 72 valence electrons. The van der Waals surface area contributed by atoms with Crippen LogP contribution in [0, 0.1) is 0 Å². The molecular weight excluding hydrogens is 194 g/mol. The highest BCUT2D eigenvalue weighted by atomic mass is 35.5. The molecule has 0 aliphatic rings. The Morgan fingerprint density at radius 2 is 2.08 bits per heavy atom. The summed E-state index contributed by atoms with van der Waals surface area (Å²) in [5, 5.41) is 0. The fourth-order valence-electron chi connectivity index (χ4n) is 0.447. The van der Waals surface area contributed by atoms with E-state index >= 15 is 0 Å². The van der Waals surface area contributed by atoms with Crippen molar-refractivity contribution >= 4 is 28.8 Å². The predicted octanol–water partition coefficient (Wildman–Crippen LogP) is 2.54. The minimum atomic E-state index is -1.11. The van der Waals surface area contributed by atoms with Gasteiger partial charge in [0.1, 0.15) is 11.0 Å². The number of alkyl halides is 1. The smallest absolute Gasteiger partial charge is 0.144 e. The minimum Gasteiger partial charge on any atom is -0.234 e. The zero-order valence-electron chi connectivity index (χ0n) is 7.84. The number of rotatable bonds is 4. The van der Waals surface area contributed by atoms with Crippen LogP contribution in [-0.4, -0.2) is 21.1 Å². The van der Waals surface area contributed by atoms with E-state index < -0.39 is 11.0 Å². The molecule has 0 fully saturated rings. The van der Waals surface area contributed by atoms with Gasteiger partial charge in [0.2, 0.25) is 0 Å². The quantitative estimate of drug-likeness (QED) is 0.398. The highest BCUT2D eigenvalue weighted by Crippen LogP contribution is 2.11. The van der Waals surface area contributed by atoms with E-state index in [-0.39, 0.29) is 4.75 Å². The lowest BCUT2D eigenvalue weighted by molar-refractivity contribution is 0.650. The highest BCUT2D eigenvalue weighted by Gasteiger charge is 2.17. The molecule has 12 heavy (non-hydrogen) atoms. The van der Waals surface area contributed by atoms with Crippen LogP contribution in [0.15, 0.2) is 4.40 Å². The standard InChI is InChI=1S/C8H16ClNOS/c1-8(2,3)12(11)10-7-5-4-6-9/h7H,4-6H2,1-3H3/t12-/m1/s1. The summed E-state index contributed by atoms with van der Waals surface area (Å²) < 4.78 is 15.0. The summed E-state index contributed by atoms with van der Waals surface area (Å²) in [5.74, 6) is 0.633. The first-order chi connectivity index (χ1) is 5.48. The Balaban J connectivity index is 3.77. The van der Waals surface area contributed by atoms with Gasteiger partial charge in [-0.05, 0) is 33.6 Å². The van der Waals surface area contributed by atoms with Crippen molar-refractivity contribution in [3.8, 4) is 0 Å². The number of halogens is 1. The Bertz CT molecular complexity index is 174. The third kappa shape index (κ3) is 5.72. The molecular formula is C8H16ClNOS.